The van der Waals surface area contributed by atoms with Crippen LogP contribution in [0.3, 0.4) is 0 Å². The van der Waals surface area contributed by atoms with Gasteiger partial charge in [0.15, 0.2) is 0 Å². The molecule has 1 aromatic rings. The highest BCUT2D eigenvalue weighted by Crippen LogP contribution is 2.36. The molecule has 0 heterocycles. The lowest BCUT2D eigenvalue weighted by atomic mass is 9.80. The molecule has 20 heavy (non-hydrogen) atoms. The first-order chi connectivity index (χ1) is 9.74. The van der Waals surface area contributed by atoms with E-state index in [1.807, 2.05) is 30.3 Å². The second kappa shape index (κ2) is 7.13. The molecule has 0 atom stereocenters. The maximum Gasteiger partial charge on any atom is 0.354 e. The Labute approximate surface area is 120 Å². The number of nitrogens with two attached hydrogens (primary N) is 1. The first kappa shape index (κ1) is 14.6. The molecule has 1 aliphatic rings. The summed E-state index contributed by atoms with van der Waals surface area (Å²) >= 11 is 0. The standard InChI is InChI=1S/C17H23NO2/c1-2-20-17(19)16(18)15(13-9-5-3-6-10-13)14-11-7-4-8-12-14/h3,5-6,9-10,14H,2,4,7-8,11-12,18H2,1H3. The highest BCUT2D eigenvalue weighted by molar-refractivity contribution is 5.97. The quantitative estimate of drug-likeness (QED) is 0.674. The van der Waals surface area contributed by atoms with Gasteiger partial charge in [0, 0.05) is 0 Å². The number of hydrogen-bond acceptors (Lipinski definition) is 3. The maximum atomic E-state index is 12.0. The fourth-order valence-corrected chi connectivity index (χ4v) is 2.94. The molecule has 0 bridgehead atoms. The van der Waals surface area contributed by atoms with Crippen molar-refractivity contribution >= 4 is 11.5 Å². The average molecular weight is 273 g/mol. The topological polar surface area (TPSA) is 52.3 Å². The van der Waals surface area contributed by atoms with E-state index in [-0.39, 0.29) is 5.70 Å². The predicted octanol–water partition coefficient (Wildman–Crippen LogP) is 3.50. The molecule has 0 radical (unpaired) electrons. The predicted molar refractivity (Wildman–Crippen MR) is 80.8 cm³/mol. The van der Waals surface area contributed by atoms with Gasteiger partial charge in [-0.3, -0.25) is 0 Å². The first-order valence-electron chi connectivity index (χ1n) is 7.46. The third-order valence-electron chi connectivity index (χ3n) is 3.88. The molecule has 108 valence electrons. The van der Waals surface area contributed by atoms with Crippen LogP contribution in [0.25, 0.3) is 5.57 Å². The molecule has 0 unspecified atom stereocenters. The van der Waals surface area contributed by atoms with Crippen LogP contribution >= 0.6 is 0 Å². The van der Waals surface area contributed by atoms with Crippen molar-refractivity contribution in [3.63, 3.8) is 0 Å². The van der Waals surface area contributed by atoms with Gasteiger partial charge in [0.1, 0.15) is 5.70 Å². The van der Waals surface area contributed by atoms with Crippen molar-refractivity contribution in [2.75, 3.05) is 6.61 Å². The molecule has 1 fully saturated rings. The van der Waals surface area contributed by atoms with Gasteiger partial charge in [0.2, 0.25) is 0 Å². The van der Waals surface area contributed by atoms with Crippen LogP contribution in [0.4, 0.5) is 0 Å². The highest BCUT2D eigenvalue weighted by atomic mass is 16.5. The van der Waals surface area contributed by atoms with Gasteiger partial charge in [-0.2, -0.15) is 0 Å². The van der Waals surface area contributed by atoms with Gasteiger partial charge in [-0.25, -0.2) is 4.79 Å². The minimum absolute atomic E-state index is 0.282. The Morgan fingerprint density at radius 2 is 1.85 bits per heavy atom. The number of carbonyl (C=O) groups excluding carboxylic acids is 1. The number of esters is 1. The SMILES string of the molecule is CCOC(=O)C(N)=C(c1ccccc1)C1CCCCC1. The van der Waals surface area contributed by atoms with Gasteiger partial charge in [-0.15, -0.1) is 0 Å². The molecule has 1 aliphatic carbocycles. The van der Waals surface area contributed by atoms with Gasteiger partial charge in [0.25, 0.3) is 0 Å². The van der Waals surface area contributed by atoms with Crippen LogP contribution in [0.15, 0.2) is 36.0 Å². The van der Waals surface area contributed by atoms with Crippen LogP contribution < -0.4 is 5.73 Å². The Balaban J connectivity index is 2.37. The number of rotatable bonds is 4. The molecular formula is C17H23NO2. The lowest BCUT2D eigenvalue weighted by Crippen LogP contribution is -2.21. The number of ether oxygens (including phenoxy) is 1. The van der Waals surface area contributed by atoms with E-state index in [1.165, 1.54) is 19.3 Å². The summed E-state index contributed by atoms with van der Waals surface area (Å²) in [5, 5.41) is 0. The summed E-state index contributed by atoms with van der Waals surface area (Å²) in [5.41, 5.74) is 8.42. The second-order valence-electron chi connectivity index (χ2n) is 5.25. The summed E-state index contributed by atoms with van der Waals surface area (Å²) < 4.78 is 5.08. The van der Waals surface area contributed by atoms with Crippen molar-refractivity contribution < 1.29 is 9.53 Å². The summed E-state index contributed by atoms with van der Waals surface area (Å²) in [5.74, 6) is -0.0208. The molecular weight excluding hydrogens is 250 g/mol. The smallest absolute Gasteiger partial charge is 0.354 e. The largest absolute Gasteiger partial charge is 0.461 e. The number of carbonyl (C=O) groups is 1. The molecule has 1 saturated carbocycles. The van der Waals surface area contributed by atoms with E-state index in [2.05, 4.69) is 0 Å². The normalized spacial score (nSPS) is 17.4. The van der Waals surface area contributed by atoms with Crippen molar-refractivity contribution in [3.05, 3.63) is 41.6 Å². The van der Waals surface area contributed by atoms with Crippen molar-refractivity contribution in [3.8, 4) is 0 Å². The molecule has 1 aromatic carbocycles. The zero-order valence-corrected chi connectivity index (χ0v) is 12.1. The molecule has 0 saturated heterocycles. The van der Waals surface area contributed by atoms with E-state index in [9.17, 15) is 4.79 Å². The maximum absolute atomic E-state index is 12.0. The Bertz CT molecular complexity index is 473. The fourth-order valence-electron chi connectivity index (χ4n) is 2.94. The molecule has 2 N–H and O–H groups in total. The third-order valence-corrected chi connectivity index (χ3v) is 3.88. The summed E-state index contributed by atoms with van der Waals surface area (Å²) in [6.07, 6.45) is 5.89. The summed E-state index contributed by atoms with van der Waals surface area (Å²) in [6, 6.07) is 9.99. The van der Waals surface area contributed by atoms with E-state index in [0.717, 1.165) is 24.0 Å². The van der Waals surface area contributed by atoms with Crippen molar-refractivity contribution in [2.24, 2.45) is 11.7 Å². The average Bonchev–Trinajstić information content (AvgIpc) is 2.50. The van der Waals surface area contributed by atoms with Gasteiger partial charge in [0.05, 0.1) is 6.61 Å². The van der Waals surface area contributed by atoms with Crippen LogP contribution in [0.1, 0.15) is 44.6 Å². The molecule has 2 rings (SSSR count). The Kier molecular flexibility index (Phi) is 5.22. The van der Waals surface area contributed by atoms with E-state index in [0.29, 0.717) is 12.5 Å². The molecule has 0 amide bonds. The third kappa shape index (κ3) is 3.41. The van der Waals surface area contributed by atoms with Crippen LogP contribution in [0.2, 0.25) is 0 Å². The highest BCUT2D eigenvalue weighted by Gasteiger charge is 2.24. The molecule has 0 spiro atoms. The summed E-state index contributed by atoms with van der Waals surface area (Å²) in [6.45, 7) is 2.15. The van der Waals surface area contributed by atoms with E-state index in [1.54, 1.807) is 6.92 Å². The summed E-state index contributed by atoms with van der Waals surface area (Å²) in [4.78, 5) is 12.0. The van der Waals surface area contributed by atoms with Crippen LogP contribution in [-0.2, 0) is 9.53 Å². The number of benzene rings is 1. The van der Waals surface area contributed by atoms with Gasteiger partial charge in [-0.1, -0.05) is 49.6 Å². The van der Waals surface area contributed by atoms with E-state index in [4.69, 9.17) is 10.5 Å². The lowest BCUT2D eigenvalue weighted by Gasteiger charge is -2.26. The van der Waals surface area contributed by atoms with E-state index < -0.39 is 5.97 Å². The Morgan fingerprint density at radius 1 is 1.20 bits per heavy atom. The van der Waals surface area contributed by atoms with Crippen molar-refractivity contribution in [2.45, 2.75) is 39.0 Å². The Hall–Kier alpha value is -1.77. The van der Waals surface area contributed by atoms with Crippen LogP contribution in [0.5, 0.6) is 0 Å². The van der Waals surface area contributed by atoms with Crippen LogP contribution in [-0.4, -0.2) is 12.6 Å². The first-order valence-corrected chi connectivity index (χ1v) is 7.46. The van der Waals surface area contributed by atoms with Crippen molar-refractivity contribution in [1.29, 1.82) is 0 Å². The lowest BCUT2D eigenvalue weighted by molar-refractivity contribution is -0.138. The Morgan fingerprint density at radius 3 is 2.45 bits per heavy atom. The fraction of sp³-hybridized carbons (Fsp3) is 0.471. The number of hydrogen-bond donors (Lipinski definition) is 1. The van der Waals surface area contributed by atoms with Gasteiger partial charge >= 0.3 is 5.97 Å². The number of allylic oxidation sites excluding steroid dienone is 1. The zero-order valence-electron chi connectivity index (χ0n) is 12.1. The van der Waals surface area contributed by atoms with E-state index >= 15 is 0 Å². The van der Waals surface area contributed by atoms with Gasteiger partial charge in [-0.05, 0) is 36.8 Å². The monoisotopic (exact) mass is 273 g/mol. The van der Waals surface area contributed by atoms with Crippen molar-refractivity contribution in [1.82, 2.24) is 0 Å². The molecule has 3 nitrogen and oxygen atoms in total. The zero-order chi connectivity index (χ0) is 14.4. The second-order valence-corrected chi connectivity index (χ2v) is 5.25. The molecule has 0 aromatic heterocycles. The molecule has 0 aliphatic heterocycles. The minimum Gasteiger partial charge on any atom is -0.461 e. The molecule has 3 heteroatoms. The van der Waals surface area contributed by atoms with Crippen LogP contribution in [0, 0.1) is 5.92 Å². The minimum atomic E-state index is -0.392. The summed E-state index contributed by atoms with van der Waals surface area (Å²) in [7, 11) is 0. The van der Waals surface area contributed by atoms with Gasteiger partial charge < -0.3 is 10.5 Å².